The van der Waals surface area contributed by atoms with Crippen LogP contribution in [0.3, 0.4) is 0 Å². The number of aromatic nitrogens is 2. The second-order valence-corrected chi connectivity index (χ2v) is 6.69. The third-order valence-corrected chi connectivity index (χ3v) is 4.70. The number of hydrogen-bond acceptors (Lipinski definition) is 3. The van der Waals surface area contributed by atoms with Crippen LogP contribution in [0.4, 0.5) is 5.82 Å². The molecule has 1 heterocycles. The molecule has 0 unspecified atom stereocenters. The summed E-state index contributed by atoms with van der Waals surface area (Å²) in [6.07, 6.45) is 2.45. The molecule has 21 heavy (non-hydrogen) atoms. The van der Waals surface area contributed by atoms with Crippen molar-refractivity contribution in [1.29, 1.82) is 0 Å². The highest BCUT2D eigenvalue weighted by atomic mass is 79.9. The van der Waals surface area contributed by atoms with E-state index in [4.69, 9.17) is 4.98 Å². The zero-order valence-corrected chi connectivity index (χ0v) is 14.2. The van der Waals surface area contributed by atoms with Gasteiger partial charge in [-0.1, -0.05) is 38.1 Å². The third-order valence-electron chi connectivity index (χ3n) is 3.91. The first kappa shape index (κ1) is 14.5. The Morgan fingerprint density at radius 3 is 2.33 bits per heavy atom. The summed E-state index contributed by atoms with van der Waals surface area (Å²) in [4.78, 5) is 9.43. The van der Waals surface area contributed by atoms with Gasteiger partial charge >= 0.3 is 0 Å². The molecule has 1 N–H and O–H groups in total. The van der Waals surface area contributed by atoms with Gasteiger partial charge in [-0.15, -0.1) is 0 Å². The number of rotatable bonds is 4. The highest BCUT2D eigenvalue weighted by Crippen LogP contribution is 2.44. The van der Waals surface area contributed by atoms with Crippen molar-refractivity contribution in [3.8, 4) is 11.4 Å². The molecule has 1 aromatic carbocycles. The van der Waals surface area contributed by atoms with Gasteiger partial charge in [0, 0.05) is 18.5 Å². The van der Waals surface area contributed by atoms with Crippen molar-refractivity contribution in [2.45, 2.75) is 38.5 Å². The summed E-state index contributed by atoms with van der Waals surface area (Å²) in [5.74, 6) is 2.80. The molecule has 2 aromatic rings. The molecular weight excluding hydrogens is 326 g/mol. The number of nitrogens with zero attached hydrogens (tertiary/aromatic N) is 2. The fraction of sp³-hybridized carbons (Fsp3) is 0.412. The minimum atomic E-state index is 0.541. The fourth-order valence-corrected chi connectivity index (χ4v) is 3.10. The van der Waals surface area contributed by atoms with Crippen molar-refractivity contribution in [3.63, 3.8) is 0 Å². The van der Waals surface area contributed by atoms with Crippen molar-refractivity contribution in [2.24, 2.45) is 0 Å². The lowest BCUT2D eigenvalue weighted by Gasteiger charge is -2.11. The summed E-state index contributed by atoms with van der Waals surface area (Å²) in [6.45, 7) is 4.41. The van der Waals surface area contributed by atoms with Gasteiger partial charge in [0.05, 0.1) is 10.2 Å². The predicted octanol–water partition coefficient (Wildman–Crippen LogP) is 4.95. The van der Waals surface area contributed by atoms with Gasteiger partial charge in [0.25, 0.3) is 0 Å². The summed E-state index contributed by atoms with van der Waals surface area (Å²) >= 11 is 3.63. The molecule has 3 rings (SSSR count). The zero-order valence-electron chi connectivity index (χ0n) is 12.7. The van der Waals surface area contributed by atoms with Gasteiger partial charge in [-0.25, -0.2) is 9.97 Å². The molecule has 0 bridgehead atoms. The Kier molecular flexibility index (Phi) is 3.98. The molecular formula is C17H20BrN3. The van der Waals surface area contributed by atoms with E-state index < -0.39 is 0 Å². The van der Waals surface area contributed by atoms with Crippen LogP contribution in [0.25, 0.3) is 11.4 Å². The molecule has 1 aromatic heterocycles. The van der Waals surface area contributed by atoms with E-state index in [-0.39, 0.29) is 0 Å². The maximum Gasteiger partial charge on any atom is 0.161 e. The van der Waals surface area contributed by atoms with E-state index in [0.717, 1.165) is 27.4 Å². The third kappa shape index (κ3) is 2.95. The van der Waals surface area contributed by atoms with E-state index in [2.05, 4.69) is 64.3 Å². The molecule has 0 amide bonds. The minimum absolute atomic E-state index is 0.541. The van der Waals surface area contributed by atoms with E-state index in [0.29, 0.717) is 11.8 Å². The Morgan fingerprint density at radius 1 is 1.14 bits per heavy atom. The largest absolute Gasteiger partial charge is 0.372 e. The molecule has 0 atom stereocenters. The lowest BCUT2D eigenvalue weighted by Crippen LogP contribution is -2.02. The first-order chi connectivity index (χ1) is 10.1. The van der Waals surface area contributed by atoms with Crippen molar-refractivity contribution < 1.29 is 0 Å². The number of halogens is 1. The summed E-state index contributed by atoms with van der Waals surface area (Å²) in [5, 5.41) is 3.16. The van der Waals surface area contributed by atoms with Gasteiger partial charge in [-0.3, -0.25) is 0 Å². The average molecular weight is 346 g/mol. The average Bonchev–Trinajstić information content (AvgIpc) is 3.32. The molecule has 1 saturated carbocycles. The second kappa shape index (κ2) is 5.76. The maximum absolute atomic E-state index is 4.79. The van der Waals surface area contributed by atoms with Gasteiger partial charge in [0.2, 0.25) is 0 Å². The van der Waals surface area contributed by atoms with Gasteiger partial charge in [0.1, 0.15) is 5.82 Å². The van der Waals surface area contributed by atoms with Gasteiger partial charge in [-0.2, -0.15) is 0 Å². The van der Waals surface area contributed by atoms with Crippen LogP contribution in [0.1, 0.15) is 49.8 Å². The van der Waals surface area contributed by atoms with Gasteiger partial charge in [0.15, 0.2) is 5.82 Å². The quantitative estimate of drug-likeness (QED) is 0.851. The van der Waals surface area contributed by atoms with E-state index >= 15 is 0 Å². The Labute approximate surface area is 134 Å². The summed E-state index contributed by atoms with van der Waals surface area (Å²) in [5.41, 5.74) is 3.55. The molecule has 3 nitrogen and oxygen atoms in total. The molecule has 4 heteroatoms. The van der Waals surface area contributed by atoms with Crippen molar-refractivity contribution in [3.05, 3.63) is 40.0 Å². The van der Waals surface area contributed by atoms with Crippen molar-refractivity contribution in [2.75, 3.05) is 12.4 Å². The molecule has 1 aliphatic rings. The molecule has 0 radical (unpaired) electrons. The Balaban J connectivity index is 2.03. The standard InChI is InChI=1S/C17H20BrN3/c1-10(2)11-4-8-13(9-5-11)16-20-15(12-6-7-12)14(18)17(19-3)21-16/h4-5,8-10,12H,6-7H2,1-3H3,(H,19,20,21). The van der Waals surface area contributed by atoms with Gasteiger partial charge < -0.3 is 5.32 Å². The molecule has 0 saturated heterocycles. The highest BCUT2D eigenvalue weighted by molar-refractivity contribution is 9.10. The van der Waals surface area contributed by atoms with E-state index in [1.54, 1.807) is 0 Å². The molecule has 1 fully saturated rings. The molecule has 0 aliphatic heterocycles. The van der Waals surface area contributed by atoms with Crippen LogP contribution in [0.15, 0.2) is 28.7 Å². The Morgan fingerprint density at radius 2 is 1.81 bits per heavy atom. The SMILES string of the molecule is CNc1nc(-c2ccc(C(C)C)cc2)nc(C2CC2)c1Br. The predicted molar refractivity (Wildman–Crippen MR) is 90.8 cm³/mol. The van der Waals surface area contributed by atoms with Crippen LogP contribution in [0.2, 0.25) is 0 Å². The van der Waals surface area contributed by atoms with Gasteiger partial charge in [-0.05, 0) is 40.3 Å². The van der Waals surface area contributed by atoms with Crippen LogP contribution in [0, 0.1) is 0 Å². The van der Waals surface area contributed by atoms with Crippen LogP contribution in [-0.4, -0.2) is 17.0 Å². The lowest BCUT2D eigenvalue weighted by atomic mass is 10.0. The minimum Gasteiger partial charge on any atom is -0.372 e. The monoisotopic (exact) mass is 345 g/mol. The topological polar surface area (TPSA) is 37.8 Å². The summed E-state index contributed by atoms with van der Waals surface area (Å²) in [6, 6.07) is 8.58. The second-order valence-electron chi connectivity index (χ2n) is 5.90. The van der Waals surface area contributed by atoms with E-state index in [1.165, 1.54) is 18.4 Å². The number of anilines is 1. The van der Waals surface area contributed by atoms with Crippen LogP contribution in [-0.2, 0) is 0 Å². The van der Waals surface area contributed by atoms with Crippen molar-refractivity contribution in [1.82, 2.24) is 9.97 Å². The Hall–Kier alpha value is -1.42. The summed E-state index contributed by atoms with van der Waals surface area (Å²) < 4.78 is 1.01. The highest BCUT2D eigenvalue weighted by Gasteiger charge is 2.29. The lowest BCUT2D eigenvalue weighted by molar-refractivity contribution is 0.866. The van der Waals surface area contributed by atoms with Crippen molar-refractivity contribution >= 4 is 21.7 Å². The molecule has 110 valence electrons. The summed E-state index contributed by atoms with van der Waals surface area (Å²) in [7, 11) is 1.90. The zero-order chi connectivity index (χ0) is 15.0. The fourth-order valence-electron chi connectivity index (χ4n) is 2.40. The first-order valence-electron chi connectivity index (χ1n) is 7.45. The molecule has 0 spiro atoms. The maximum atomic E-state index is 4.79. The normalized spacial score (nSPS) is 14.5. The number of hydrogen-bond donors (Lipinski definition) is 1. The van der Waals surface area contributed by atoms with Crippen LogP contribution >= 0.6 is 15.9 Å². The van der Waals surface area contributed by atoms with Crippen LogP contribution < -0.4 is 5.32 Å². The first-order valence-corrected chi connectivity index (χ1v) is 8.25. The smallest absolute Gasteiger partial charge is 0.161 e. The van der Waals surface area contributed by atoms with Crippen LogP contribution in [0.5, 0.6) is 0 Å². The molecule has 1 aliphatic carbocycles. The number of nitrogens with one attached hydrogen (secondary N) is 1. The Bertz CT molecular complexity index is 646. The number of benzene rings is 1. The van der Waals surface area contributed by atoms with E-state index in [1.807, 2.05) is 7.05 Å². The van der Waals surface area contributed by atoms with E-state index in [9.17, 15) is 0 Å².